The molecule has 0 aliphatic heterocycles. The Hall–Kier alpha value is -3.70. The lowest BCUT2D eigenvalue weighted by atomic mass is 10.2. The molecule has 30 heavy (non-hydrogen) atoms. The van der Waals surface area contributed by atoms with Crippen LogP contribution in [-0.2, 0) is 16.6 Å². The first-order valence-corrected chi connectivity index (χ1v) is 10.1. The average Bonchev–Trinajstić information content (AvgIpc) is 3.20. The summed E-state index contributed by atoms with van der Waals surface area (Å²) in [6.45, 7) is 1.57. The van der Waals surface area contributed by atoms with Crippen LogP contribution in [0.5, 0.6) is 5.75 Å². The zero-order chi connectivity index (χ0) is 21.7. The number of ether oxygens (including phenoxy) is 1. The van der Waals surface area contributed by atoms with Crippen molar-refractivity contribution in [3.8, 4) is 5.75 Å². The summed E-state index contributed by atoms with van der Waals surface area (Å²) >= 11 is 0. The summed E-state index contributed by atoms with van der Waals surface area (Å²) in [4.78, 5) is 24.0. The number of hydrogen-bond acceptors (Lipinski definition) is 7. The number of hydrazine groups is 1. The van der Waals surface area contributed by atoms with Gasteiger partial charge in [0.1, 0.15) is 18.1 Å². The Bertz CT molecular complexity index is 1170. The van der Waals surface area contributed by atoms with Crippen molar-refractivity contribution in [1.82, 2.24) is 10.3 Å². The van der Waals surface area contributed by atoms with Crippen molar-refractivity contribution in [2.45, 2.75) is 18.4 Å². The summed E-state index contributed by atoms with van der Waals surface area (Å²) in [5, 5.41) is 11.0. The predicted molar refractivity (Wildman–Crippen MR) is 105 cm³/mol. The van der Waals surface area contributed by atoms with Gasteiger partial charge in [0, 0.05) is 11.6 Å². The molecule has 11 heteroatoms. The highest BCUT2D eigenvalue weighted by atomic mass is 32.2. The number of rotatable bonds is 8. The molecule has 0 bridgehead atoms. The van der Waals surface area contributed by atoms with Gasteiger partial charge in [-0.3, -0.25) is 20.3 Å². The fourth-order valence-electron chi connectivity index (χ4n) is 2.44. The third-order valence-corrected chi connectivity index (χ3v) is 5.24. The van der Waals surface area contributed by atoms with E-state index in [0.717, 1.165) is 6.07 Å². The second-order valence-corrected chi connectivity index (χ2v) is 7.82. The number of nitro benzene ring substituents is 1. The minimum atomic E-state index is -4.23. The van der Waals surface area contributed by atoms with E-state index < -0.39 is 20.9 Å². The largest absolute Gasteiger partial charge is 0.486 e. The molecule has 10 nitrogen and oxygen atoms in total. The molecule has 0 spiro atoms. The first-order valence-electron chi connectivity index (χ1n) is 8.60. The van der Waals surface area contributed by atoms with Gasteiger partial charge in [0.05, 0.1) is 9.82 Å². The number of para-hydroxylation sites is 1. The second-order valence-electron chi connectivity index (χ2n) is 6.13. The molecule has 0 aliphatic carbocycles. The number of aryl methyl sites for hydroxylation is 1. The molecule has 3 aromatic rings. The maximum Gasteiger partial charge on any atom is 0.301 e. The van der Waals surface area contributed by atoms with Gasteiger partial charge in [-0.05, 0) is 37.3 Å². The topological polar surface area (TPSA) is 141 Å². The van der Waals surface area contributed by atoms with E-state index in [9.17, 15) is 23.3 Å². The third kappa shape index (κ3) is 5.01. The van der Waals surface area contributed by atoms with Gasteiger partial charge in [-0.25, -0.2) is 8.42 Å². The molecule has 0 unspecified atom stereocenters. The van der Waals surface area contributed by atoms with Crippen LogP contribution in [0.3, 0.4) is 0 Å². The van der Waals surface area contributed by atoms with Crippen LogP contribution in [0.4, 0.5) is 5.69 Å². The van der Waals surface area contributed by atoms with E-state index in [-0.39, 0.29) is 22.9 Å². The molecule has 156 valence electrons. The van der Waals surface area contributed by atoms with E-state index in [0.29, 0.717) is 17.1 Å². The van der Waals surface area contributed by atoms with Crippen LogP contribution in [0.2, 0.25) is 0 Å². The molecule has 0 fully saturated rings. The van der Waals surface area contributed by atoms with E-state index >= 15 is 0 Å². The fourth-order valence-corrected chi connectivity index (χ4v) is 3.29. The molecule has 3 rings (SSSR count). The monoisotopic (exact) mass is 431 g/mol. The van der Waals surface area contributed by atoms with Crippen molar-refractivity contribution in [2.24, 2.45) is 0 Å². The van der Waals surface area contributed by atoms with Gasteiger partial charge < -0.3 is 9.15 Å². The highest BCUT2D eigenvalue weighted by molar-refractivity contribution is 7.89. The highest BCUT2D eigenvalue weighted by Gasteiger charge is 2.21. The Labute approximate surface area is 171 Å². The molecule has 2 N–H and O–H groups in total. The van der Waals surface area contributed by atoms with Crippen molar-refractivity contribution in [3.05, 3.63) is 87.9 Å². The first kappa shape index (κ1) is 21.0. The Morgan fingerprint density at radius 3 is 2.57 bits per heavy atom. The van der Waals surface area contributed by atoms with Crippen molar-refractivity contribution in [1.29, 1.82) is 0 Å². The van der Waals surface area contributed by atoms with Gasteiger partial charge in [0.25, 0.3) is 15.7 Å². The van der Waals surface area contributed by atoms with Crippen LogP contribution in [0.25, 0.3) is 0 Å². The third-order valence-electron chi connectivity index (χ3n) is 4.00. The van der Waals surface area contributed by atoms with Crippen molar-refractivity contribution < 1.29 is 27.3 Å². The number of hydrogen-bond donors (Lipinski definition) is 2. The number of nitrogens with one attached hydrogen (secondary N) is 2. The summed E-state index contributed by atoms with van der Waals surface area (Å²) < 4.78 is 35.5. The zero-order valence-electron chi connectivity index (χ0n) is 15.7. The highest BCUT2D eigenvalue weighted by Crippen LogP contribution is 2.22. The lowest BCUT2D eigenvalue weighted by Crippen LogP contribution is -2.41. The van der Waals surface area contributed by atoms with Crippen LogP contribution in [0, 0.1) is 17.0 Å². The maximum atomic E-state index is 12.3. The van der Waals surface area contributed by atoms with Crippen LogP contribution in [0.1, 0.15) is 21.9 Å². The first-order chi connectivity index (χ1) is 14.3. The van der Waals surface area contributed by atoms with E-state index in [1.54, 1.807) is 12.1 Å². The zero-order valence-corrected chi connectivity index (χ0v) is 16.5. The number of nitro groups is 1. The summed E-state index contributed by atoms with van der Waals surface area (Å²) in [6, 6.07) is 15.3. The Morgan fingerprint density at radius 2 is 1.87 bits per heavy atom. The minimum absolute atomic E-state index is 0.0794. The lowest BCUT2D eigenvalue weighted by molar-refractivity contribution is -0.385. The summed E-state index contributed by atoms with van der Waals surface area (Å²) in [6.07, 6.45) is 0. The normalized spacial score (nSPS) is 11.1. The summed E-state index contributed by atoms with van der Waals surface area (Å²) in [5.41, 5.74) is 1.97. The molecular weight excluding hydrogens is 414 g/mol. The molecular formula is C19H17N3O7S. The molecule has 0 saturated heterocycles. The van der Waals surface area contributed by atoms with Gasteiger partial charge >= 0.3 is 5.91 Å². The van der Waals surface area contributed by atoms with Gasteiger partial charge in [-0.2, -0.15) is 0 Å². The van der Waals surface area contributed by atoms with Crippen LogP contribution < -0.4 is 15.0 Å². The lowest BCUT2D eigenvalue weighted by Gasteiger charge is -2.08. The van der Waals surface area contributed by atoms with Crippen molar-refractivity contribution in [3.63, 3.8) is 0 Å². The number of carbonyl (C=O) groups is 1. The quantitative estimate of drug-likeness (QED) is 0.413. The SMILES string of the molecule is Cc1ccc(S(=O)(=O)NNC(=O)c2ccc(COc3ccccc3)o2)cc1[N+](=O)[O-]. The number of furan rings is 1. The van der Waals surface area contributed by atoms with Crippen LogP contribution in [-0.4, -0.2) is 19.2 Å². The number of nitrogens with zero attached hydrogens (tertiary/aromatic N) is 1. The molecule has 1 aromatic heterocycles. The number of benzene rings is 2. The smallest absolute Gasteiger partial charge is 0.301 e. The molecule has 1 amide bonds. The van der Waals surface area contributed by atoms with Gasteiger partial charge in [-0.1, -0.05) is 24.3 Å². The summed E-state index contributed by atoms with van der Waals surface area (Å²) in [7, 11) is -4.23. The predicted octanol–water partition coefficient (Wildman–Crippen LogP) is 2.70. The maximum absolute atomic E-state index is 12.3. The van der Waals surface area contributed by atoms with Crippen molar-refractivity contribution >= 4 is 21.6 Å². The molecule has 0 saturated carbocycles. The van der Waals surface area contributed by atoms with E-state index in [1.807, 2.05) is 28.5 Å². The second kappa shape index (κ2) is 8.76. The standard InChI is InChI=1S/C19H17N3O7S/c1-13-7-9-16(11-17(13)22(24)25)30(26,27)21-20-19(23)18-10-8-15(29-18)12-28-14-5-3-2-4-6-14/h2-11,21H,12H2,1H3,(H,20,23). The van der Waals surface area contributed by atoms with Gasteiger partial charge in [-0.15, -0.1) is 4.83 Å². The van der Waals surface area contributed by atoms with E-state index in [2.05, 4.69) is 0 Å². The Balaban J connectivity index is 1.62. The summed E-state index contributed by atoms with van der Waals surface area (Å²) in [5.74, 6) is 0.00580. The molecule has 2 aromatic carbocycles. The van der Waals surface area contributed by atoms with Crippen LogP contribution >= 0.6 is 0 Å². The Morgan fingerprint density at radius 1 is 1.13 bits per heavy atom. The molecule has 0 atom stereocenters. The van der Waals surface area contributed by atoms with E-state index in [4.69, 9.17) is 9.15 Å². The van der Waals surface area contributed by atoms with Gasteiger partial charge in [0.2, 0.25) is 0 Å². The van der Waals surface area contributed by atoms with Gasteiger partial charge in [0.15, 0.2) is 5.76 Å². The number of amides is 1. The van der Waals surface area contributed by atoms with E-state index in [1.165, 1.54) is 31.2 Å². The average molecular weight is 431 g/mol. The fraction of sp³-hybridized carbons (Fsp3) is 0.105. The Kier molecular flexibility index (Phi) is 6.14. The molecule has 0 radical (unpaired) electrons. The molecule has 0 aliphatic rings. The van der Waals surface area contributed by atoms with Crippen LogP contribution in [0.15, 0.2) is 70.0 Å². The van der Waals surface area contributed by atoms with Crippen molar-refractivity contribution in [2.75, 3.05) is 0 Å². The number of sulfonamides is 1. The number of carbonyl (C=O) groups excluding carboxylic acids is 1. The molecule has 1 heterocycles. The minimum Gasteiger partial charge on any atom is -0.486 e.